The van der Waals surface area contributed by atoms with E-state index in [9.17, 15) is 4.79 Å². The van der Waals surface area contributed by atoms with Gasteiger partial charge in [0.15, 0.2) is 11.5 Å². The first-order valence-electron chi connectivity index (χ1n) is 7.82. The highest BCUT2D eigenvalue weighted by atomic mass is 35.5. The lowest BCUT2D eigenvalue weighted by Crippen LogP contribution is -2.01. The summed E-state index contributed by atoms with van der Waals surface area (Å²) in [7, 11) is 0. The number of hydrogen-bond donors (Lipinski definition) is 0. The van der Waals surface area contributed by atoms with E-state index in [4.69, 9.17) is 30.5 Å². The van der Waals surface area contributed by atoms with E-state index in [0.717, 1.165) is 16.9 Å². The molecule has 2 aromatic rings. The molecule has 0 radical (unpaired) electrons. The second-order valence-electron chi connectivity index (χ2n) is 5.22. The second-order valence-corrected chi connectivity index (χ2v) is 5.63. The maximum absolute atomic E-state index is 11.9. The Bertz CT molecular complexity index is 800. The molecule has 130 valence electrons. The fraction of sp³-hybridized carbons (Fsp3) is 0.211. The first kappa shape index (κ1) is 17.2. The van der Waals surface area contributed by atoms with Crippen molar-refractivity contribution in [1.29, 1.82) is 0 Å². The number of ether oxygens (including phenoxy) is 4. The molecule has 3 rings (SSSR count). The highest BCUT2D eigenvalue weighted by Crippen LogP contribution is 2.39. The zero-order valence-electron chi connectivity index (χ0n) is 13.7. The summed E-state index contributed by atoms with van der Waals surface area (Å²) in [6.45, 7) is 2.69. The second kappa shape index (κ2) is 7.94. The summed E-state index contributed by atoms with van der Waals surface area (Å²) in [5.74, 6) is 1.33. The van der Waals surface area contributed by atoms with Crippen LogP contribution >= 0.6 is 11.6 Å². The molecule has 0 atom stereocenters. The highest BCUT2D eigenvalue weighted by molar-refractivity contribution is 6.32. The standard InChI is InChI=1S/C19H17ClO5/c1-2-22-16-6-4-3-5-14(16)7-8-18(21)23-11-13-9-15(20)19-17(10-13)24-12-25-19/h3-10H,2,11-12H2,1H3/b8-7+. The molecule has 0 saturated carbocycles. The minimum Gasteiger partial charge on any atom is -0.493 e. The molecule has 1 heterocycles. The maximum atomic E-state index is 11.9. The molecule has 1 aliphatic rings. The number of benzene rings is 2. The Labute approximate surface area is 150 Å². The number of rotatable bonds is 6. The third-order valence-electron chi connectivity index (χ3n) is 3.49. The zero-order valence-corrected chi connectivity index (χ0v) is 14.4. The summed E-state index contributed by atoms with van der Waals surface area (Å²) < 4.78 is 21.3. The number of hydrogen-bond acceptors (Lipinski definition) is 5. The third kappa shape index (κ3) is 4.25. The summed E-state index contributed by atoms with van der Waals surface area (Å²) in [6.07, 6.45) is 3.03. The van der Waals surface area contributed by atoms with Crippen LogP contribution in [0.15, 0.2) is 42.5 Å². The fourth-order valence-corrected chi connectivity index (χ4v) is 2.66. The molecule has 0 saturated heterocycles. The van der Waals surface area contributed by atoms with Gasteiger partial charge in [0, 0.05) is 11.6 Å². The Morgan fingerprint density at radius 3 is 2.96 bits per heavy atom. The lowest BCUT2D eigenvalue weighted by molar-refractivity contribution is -0.138. The Kier molecular flexibility index (Phi) is 5.46. The van der Waals surface area contributed by atoms with Crippen LogP contribution in [0.3, 0.4) is 0 Å². The van der Waals surface area contributed by atoms with E-state index in [1.54, 1.807) is 18.2 Å². The van der Waals surface area contributed by atoms with Gasteiger partial charge in [0.1, 0.15) is 12.4 Å². The van der Waals surface area contributed by atoms with Crippen molar-refractivity contribution < 1.29 is 23.7 Å². The SMILES string of the molecule is CCOc1ccccc1/C=C/C(=O)OCc1cc(Cl)c2c(c1)OCO2. The van der Waals surface area contributed by atoms with Gasteiger partial charge >= 0.3 is 5.97 Å². The topological polar surface area (TPSA) is 54.0 Å². The van der Waals surface area contributed by atoms with Crippen LogP contribution in [0.2, 0.25) is 5.02 Å². The van der Waals surface area contributed by atoms with Gasteiger partial charge in [0.2, 0.25) is 6.79 Å². The van der Waals surface area contributed by atoms with Gasteiger partial charge in [-0.25, -0.2) is 4.79 Å². The summed E-state index contributed by atoms with van der Waals surface area (Å²) in [6, 6.07) is 10.9. The van der Waals surface area contributed by atoms with Crippen LogP contribution in [0.5, 0.6) is 17.2 Å². The molecule has 25 heavy (non-hydrogen) atoms. The number of halogens is 1. The Morgan fingerprint density at radius 1 is 1.28 bits per heavy atom. The summed E-state index contributed by atoms with van der Waals surface area (Å²) in [5.41, 5.74) is 1.54. The molecular weight excluding hydrogens is 344 g/mol. The molecule has 2 aromatic carbocycles. The van der Waals surface area contributed by atoms with Crippen LogP contribution in [0.1, 0.15) is 18.1 Å². The summed E-state index contributed by atoms with van der Waals surface area (Å²) in [4.78, 5) is 11.9. The summed E-state index contributed by atoms with van der Waals surface area (Å²) >= 11 is 6.11. The van der Waals surface area contributed by atoms with Gasteiger partial charge < -0.3 is 18.9 Å². The van der Waals surface area contributed by atoms with E-state index in [-0.39, 0.29) is 13.4 Å². The quantitative estimate of drug-likeness (QED) is 0.570. The largest absolute Gasteiger partial charge is 0.493 e. The Hall–Kier alpha value is -2.66. The van der Waals surface area contributed by atoms with E-state index in [2.05, 4.69) is 0 Å². The Balaban J connectivity index is 1.61. The number of carbonyl (C=O) groups is 1. The molecule has 1 aliphatic heterocycles. The number of para-hydroxylation sites is 1. The van der Waals surface area contributed by atoms with Gasteiger partial charge in [-0.15, -0.1) is 0 Å². The van der Waals surface area contributed by atoms with Gasteiger partial charge in [-0.3, -0.25) is 0 Å². The lowest BCUT2D eigenvalue weighted by atomic mass is 10.2. The van der Waals surface area contributed by atoms with Gasteiger partial charge in [0.05, 0.1) is 11.6 Å². The number of esters is 1. The van der Waals surface area contributed by atoms with Crippen molar-refractivity contribution in [2.75, 3.05) is 13.4 Å². The molecule has 0 fully saturated rings. The number of carbonyl (C=O) groups excluding carboxylic acids is 1. The van der Waals surface area contributed by atoms with Crippen molar-refractivity contribution in [3.63, 3.8) is 0 Å². The monoisotopic (exact) mass is 360 g/mol. The highest BCUT2D eigenvalue weighted by Gasteiger charge is 2.18. The number of fused-ring (bicyclic) bond motifs is 1. The first-order chi connectivity index (χ1) is 12.2. The van der Waals surface area contributed by atoms with E-state index in [1.807, 2.05) is 31.2 Å². The molecule has 0 N–H and O–H groups in total. The maximum Gasteiger partial charge on any atom is 0.331 e. The molecule has 5 nitrogen and oxygen atoms in total. The molecule has 0 amide bonds. The molecule has 0 bridgehead atoms. The predicted molar refractivity (Wildman–Crippen MR) is 94.0 cm³/mol. The normalized spacial score (nSPS) is 12.4. The smallest absolute Gasteiger partial charge is 0.331 e. The molecular formula is C19H17ClO5. The van der Waals surface area contributed by atoms with E-state index < -0.39 is 5.97 Å². The van der Waals surface area contributed by atoms with Crippen molar-refractivity contribution >= 4 is 23.6 Å². The molecule has 0 unspecified atom stereocenters. The molecule has 0 aromatic heterocycles. The minimum absolute atomic E-state index is 0.0899. The van der Waals surface area contributed by atoms with Gasteiger partial charge in [-0.05, 0) is 36.8 Å². The van der Waals surface area contributed by atoms with E-state index in [1.165, 1.54) is 6.08 Å². The van der Waals surface area contributed by atoms with Crippen molar-refractivity contribution in [1.82, 2.24) is 0 Å². The zero-order chi connectivity index (χ0) is 17.6. The van der Waals surface area contributed by atoms with Gasteiger partial charge in [0.25, 0.3) is 0 Å². The van der Waals surface area contributed by atoms with Crippen LogP contribution in [0, 0.1) is 0 Å². The summed E-state index contributed by atoms with van der Waals surface area (Å²) in [5, 5.41) is 0.433. The van der Waals surface area contributed by atoms with E-state index >= 15 is 0 Å². The van der Waals surface area contributed by atoms with E-state index in [0.29, 0.717) is 23.1 Å². The minimum atomic E-state index is -0.458. The first-order valence-corrected chi connectivity index (χ1v) is 8.20. The van der Waals surface area contributed by atoms with Crippen LogP contribution in [0.25, 0.3) is 6.08 Å². The predicted octanol–water partition coefficient (Wildman–Crippen LogP) is 4.22. The van der Waals surface area contributed by atoms with Crippen molar-refractivity contribution in [2.24, 2.45) is 0 Å². The Morgan fingerprint density at radius 2 is 2.12 bits per heavy atom. The average molecular weight is 361 g/mol. The molecule has 0 aliphatic carbocycles. The van der Waals surface area contributed by atoms with Crippen LogP contribution < -0.4 is 14.2 Å². The fourth-order valence-electron chi connectivity index (χ4n) is 2.37. The van der Waals surface area contributed by atoms with Crippen LogP contribution in [-0.4, -0.2) is 19.4 Å². The lowest BCUT2D eigenvalue weighted by Gasteiger charge is -2.07. The van der Waals surface area contributed by atoms with Gasteiger partial charge in [-0.2, -0.15) is 0 Å². The average Bonchev–Trinajstić information content (AvgIpc) is 3.09. The molecule has 6 heteroatoms. The van der Waals surface area contributed by atoms with Crippen molar-refractivity contribution in [3.05, 3.63) is 58.6 Å². The van der Waals surface area contributed by atoms with Crippen molar-refractivity contribution in [2.45, 2.75) is 13.5 Å². The van der Waals surface area contributed by atoms with Crippen LogP contribution in [-0.2, 0) is 16.1 Å². The third-order valence-corrected chi connectivity index (χ3v) is 3.77. The molecule has 0 spiro atoms. The van der Waals surface area contributed by atoms with Crippen molar-refractivity contribution in [3.8, 4) is 17.2 Å². The van der Waals surface area contributed by atoms with Crippen LogP contribution in [0.4, 0.5) is 0 Å². The van der Waals surface area contributed by atoms with Gasteiger partial charge in [-0.1, -0.05) is 29.8 Å².